The fourth-order valence-electron chi connectivity index (χ4n) is 2.41. The molecule has 112 valence electrons. The molecule has 0 aliphatic carbocycles. The first kappa shape index (κ1) is 16.0. The van der Waals surface area contributed by atoms with Crippen LogP contribution in [0.15, 0.2) is 48.5 Å². The van der Waals surface area contributed by atoms with Gasteiger partial charge in [0.25, 0.3) is 0 Å². The Bertz CT molecular complexity index is 556. The van der Waals surface area contributed by atoms with Crippen LogP contribution in [0.1, 0.15) is 24.5 Å². The number of halogens is 2. The van der Waals surface area contributed by atoms with Gasteiger partial charge in [-0.1, -0.05) is 54.9 Å². The van der Waals surface area contributed by atoms with E-state index in [2.05, 4.69) is 24.4 Å². The lowest BCUT2D eigenvalue weighted by atomic mass is 9.99. The van der Waals surface area contributed by atoms with Crippen LogP contribution in [0, 0.1) is 5.82 Å². The highest BCUT2D eigenvalue weighted by atomic mass is 35.5. The molecule has 0 heterocycles. The first-order chi connectivity index (χ1) is 10.2. The molecule has 0 saturated carbocycles. The highest BCUT2D eigenvalue weighted by Crippen LogP contribution is 2.17. The lowest BCUT2D eigenvalue weighted by Gasteiger charge is -2.19. The van der Waals surface area contributed by atoms with E-state index in [4.69, 9.17) is 11.6 Å². The van der Waals surface area contributed by atoms with Crippen molar-refractivity contribution in [3.8, 4) is 0 Å². The number of rotatable bonds is 7. The zero-order valence-electron chi connectivity index (χ0n) is 12.3. The molecule has 1 N–H and O–H groups in total. The minimum absolute atomic E-state index is 0.180. The summed E-state index contributed by atoms with van der Waals surface area (Å²) >= 11 is 5.74. The van der Waals surface area contributed by atoms with Gasteiger partial charge in [0.2, 0.25) is 0 Å². The summed E-state index contributed by atoms with van der Waals surface area (Å²) in [7, 11) is 0. The predicted octanol–water partition coefficient (Wildman–Crippen LogP) is 4.63. The van der Waals surface area contributed by atoms with E-state index < -0.39 is 0 Å². The largest absolute Gasteiger partial charge is 0.313 e. The molecule has 0 aliphatic heterocycles. The SMILES string of the molecule is CCCNC(Cc1ccccc1)Cc1ccc(Cl)c(F)c1. The summed E-state index contributed by atoms with van der Waals surface area (Å²) < 4.78 is 13.6. The lowest BCUT2D eigenvalue weighted by Crippen LogP contribution is -2.33. The van der Waals surface area contributed by atoms with Gasteiger partial charge in [0, 0.05) is 6.04 Å². The Hall–Kier alpha value is -1.38. The quantitative estimate of drug-likeness (QED) is 0.786. The fourth-order valence-corrected chi connectivity index (χ4v) is 2.53. The van der Waals surface area contributed by atoms with Crippen molar-refractivity contribution in [3.05, 3.63) is 70.5 Å². The van der Waals surface area contributed by atoms with Crippen molar-refractivity contribution in [3.63, 3.8) is 0 Å². The molecule has 1 atom stereocenters. The molecule has 2 aromatic carbocycles. The van der Waals surface area contributed by atoms with E-state index in [9.17, 15) is 4.39 Å². The van der Waals surface area contributed by atoms with E-state index in [1.54, 1.807) is 6.07 Å². The molecule has 21 heavy (non-hydrogen) atoms. The van der Waals surface area contributed by atoms with E-state index in [0.717, 1.165) is 31.4 Å². The first-order valence-corrected chi connectivity index (χ1v) is 7.78. The third-order valence-corrected chi connectivity index (χ3v) is 3.78. The Labute approximate surface area is 131 Å². The molecule has 2 rings (SSSR count). The van der Waals surface area contributed by atoms with Crippen LogP contribution in [-0.4, -0.2) is 12.6 Å². The summed E-state index contributed by atoms with van der Waals surface area (Å²) in [6, 6.07) is 15.7. The topological polar surface area (TPSA) is 12.0 Å². The summed E-state index contributed by atoms with van der Waals surface area (Å²) in [4.78, 5) is 0. The standard InChI is InChI=1S/C18H21ClFN/c1-2-10-21-16(11-14-6-4-3-5-7-14)12-15-8-9-17(19)18(20)13-15/h3-9,13,16,21H,2,10-12H2,1H3. The third-order valence-electron chi connectivity index (χ3n) is 3.47. The second-order valence-corrected chi connectivity index (χ2v) is 5.70. The first-order valence-electron chi connectivity index (χ1n) is 7.40. The van der Waals surface area contributed by atoms with Crippen LogP contribution in [0.3, 0.4) is 0 Å². The van der Waals surface area contributed by atoms with Gasteiger partial charge in [-0.15, -0.1) is 0 Å². The number of hydrogen-bond donors (Lipinski definition) is 1. The maximum atomic E-state index is 13.6. The Kier molecular flexibility index (Phi) is 6.21. The van der Waals surface area contributed by atoms with E-state index >= 15 is 0 Å². The zero-order chi connectivity index (χ0) is 15.1. The van der Waals surface area contributed by atoms with Gasteiger partial charge in [0.1, 0.15) is 5.82 Å². The van der Waals surface area contributed by atoms with Crippen molar-refractivity contribution in [2.24, 2.45) is 0 Å². The second kappa shape index (κ2) is 8.16. The second-order valence-electron chi connectivity index (χ2n) is 5.29. The molecule has 0 aromatic heterocycles. The number of nitrogens with one attached hydrogen (secondary N) is 1. The van der Waals surface area contributed by atoms with Crippen LogP contribution in [0.4, 0.5) is 4.39 Å². The molecule has 0 spiro atoms. The molecule has 0 saturated heterocycles. The third kappa shape index (κ3) is 5.14. The molecule has 0 aliphatic rings. The molecule has 0 bridgehead atoms. The van der Waals surface area contributed by atoms with Crippen molar-refractivity contribution < 1.29 is 4.39 Å². The Morgan fingerprint density at radius 3 is 2.43 bits per heavy atom. The smallest absolute Gasteiger partial charge is 0.142 e. The van der Waals surface area contributed by atoms with Gasteiger partial charge in [-0.2, -0.15) is 0 Å². The van der Waals surface area contributed by atoms with Gasteiger partial charge in [0.15, 0.2) is 0 Å². The van der Waals surface area contributed by atoms with E-state index in [0.29, 0.717) is 6.04 Å². The number of hydrogen-bond acceptors (Lipinski definition) is 1. The van der Waals surface area contributed by atoms with Crippen LogP contribution in [0.2, 0.25) is 5.02 Å². The molecule has 0 amide bonds. The zero-order valence-corrected chi connectivity index (χ0v) is 13.0. The van der Waals surface area contributed by atoms with Crippen LogP contribution >= 0.6 is 11.6 Å². The van der Waals surface area contributed by atoms with E-state index in [1.165, 1.54) is 11.6 Å². The van der Waals surface area contributed by atoms with Gasteiger partial charge in [-0.05, 0) is 49.1 Å². The minimum Gasteiger partial charge on any atom is -0.313 e. The lowest BCUT2D eigenvalue weighted by molar-refractivity contribution is 0.503. The van der Waals surface area contributed by atoms with Gasteiger partial charge in [-0.3, -0.25) is 0 Å². The van der Waals surface area contributed by atoms with Crippen LogP contribution in [0.25, 0.3) is 0 Å². The molecule has 1 unspecified atom stereocenters. The fraction of sp³-hybridized carbons (Fsp3) is 0.333. The monoisotopic (exact) mass is 305 g/mol. The molecule has 0 radical (unpaired) electrons. The highest BCUT2D eigenvalue weighted by molar-refractivity contribution is 6.30. The van der Waals surface area contributed by atoms with Crippen molar-refractivity contribution in [2.75, 3.05) is 6.54 Å². The van der Waals surface area contributed by atoms with Crippen molar-refractivity contribution in [1.29, 1.82) is 0 Å². The highest BCUT2D eigenvalue weighted by Gasteiger charge is 2.11. The Balaban J connectivity index is 2.06. The molecule has 1 nitrogen and oxygen atoms in total. The van der Waals surface area contributed by atoms with E-state index in [1.807, 2.05) is 24.3 Å². The van der Waals surface area contributed by atoms with E-state index in [-0.39, 0.29) is 10.8 Å². The summed E-state index contributed by atoms with van der Waals surface area (Å²) in [5.74, 6) is -0.344. The number of benzene rings is 2. The minimum atomic E-state index is -0.344. The summed E-state index contributed by atoms with van der Waals surface area (Å²) in [5.41, 5.74) is 2.27. The van der Waals surface area contributed by atoms with Gasteiger partial charge in [-0.25, -0.2) is 4.39 Å². The van der Waals surface area contributed by atoms with Crippen LogP contribution < -0.4 is 5.32 Å². The summed E-state index contributed by atoms with van der Waals surface area (Å²) in [5, 5.41) is 3.73. The van der Waals surface area contributed by atoms with Gasteiger partial charge in [0.05, 0.1) is 5.02 Å². The maximum absolute atomic E-state index is 13.6. The van der Waals surface area contributed by atoms with Crippen LogP contribution in [0.5, 0.6) is 0 Å². The molecular formula is C18H21ClFN. The normalized spacial score (nSPS) is 12.3. The Morgan fingerprint density at radius 2 is 1.76 bits per heavy atom. The average molecular weight is 306 g/mol. The van der Waals surface area contributed by atoms with Gasteiger partial charge < -0.3 is 5.32 Å². The predicted molar refractivity (Wildman–Crippen MR) is 87.3 cm³/mol. The Morgan fingerprint density at radius 1 is 1.05 bits per heavy atom. The molecule has 3 heteroatoms. The van der Waals surface area contributed by atoms with Crippen LogP contribution in [-0.2, 0) is 12.8 Å². The van der Waals surface area contributed by atoms with Crippen molar-refractivity contribution >= 4 is 11.6 Å². The molecule has 2 aromatic rings. The summed E-state index contributed by atoms with van der Waals surface area (Å²) in [6.07, 6.45) is 2.81. The maximum Gasteiger partial charge on any atom is 0.142 e. The van der Waals surface area contributed by atoms with Gasteiger partial charge >= 0.3 is 0 Å². The molecular weight excluding hydrogens is 285 g/mol. The molecule has 0 fully saturated rings. The van der Waals surface area contributed by atoms with Crippen molar-refractivity contribution in [1.82, 2.24) is 5.32 Å². The average Bonchev–Trinajstić information content (AvgIpc) is 2.49. The summed E-state index contributed by atoms with van der Waals surface area (Å²) in [6.45, 7) is 3.11. The van der Waals surface area contributed by atoms with Crippen molar-refractivity contribution in [2.45, 2.75) is 32.2 Å².